The van der Waals surface area contributed by atoms with Crippen LogP contribution in [-0.2, 0) is 7.05 Å². The van der Waals surface area contributed by atoms with E-state index in [0.717, 1.165) is 27.1 Å². The Hall–Kier alpha value is -3.74. The molecule has 4 aromatic rings. The first kappa shape index (κ1) is 16.7. The molecule has 0 spiro atoms. The Morgan fingerprint density at radius 2 is 1.85 bits per heavy atom. The highest BCUT2D eigenvalue weighted by Crippen LogP contribution is 2.22. The number of amides is 1. The first-order chi connectivity index (χ1) is 13.0. The van der Waals surface area contributed by atoms with E-state index < -0.39 is 0 Å². The predicted octanol–water partition coefficient (Wildman–Crippen LogP) is 2.88. The predicted molar refractivity (Wildman–Crippen MR) is 104 cm³/mol. The molecule has 2 heterocycles. The summed E-state index contributed by atoms with van der Waals surface area (Å²) in [7, 11) is 1.50. The van der Waals surface area contributed by atoms with Gasteiger partial charge in [0, 0.05) is 24.4 Å². The minimum atomic E-state index is -0.377. The largest absolute Gasteiger partial charge is 0.338 e. The number of benzene rings is 2. The molecule has 0 aliphatic carbocycles. The molecule has 2 aromatic heterocycles. The van der Waals surface area contributed by atoms with E-state index in [2.05, 4.69) is 26.4 Å². The van der Waals surface area contributed by atoms with Crippen molar-refractivity contribution in [1.29, 1.82) is 0 Å². The van der Waals surface area contributed by atoms with E-state index in [1.807, 2.05) is 31.2 Å². The number of carbonyl (C=O) groups is 1. The molecule has 0 saturated heterocycles. The number of H-pyrrole nitrogens is 1. The molecule has 2 aromatic carbocycles. The summed E-state index contributed by atoms with van der Waals surface area (Å²) in [6.45, 7) is 2.04. The maximum Gasteiger partial charge on any atom is 0.276 e. The Bertz CT molecular complexity index is 1210. The van der Waals surface area contributed by atoms with Crippen molar-refractivity contribution >= 4 is 22.6 Å². The van der Waals surface area contributed by atoms with Gasteiger partial charge in [0.15, 0.2) is 0 Å². The van der Waals surface area contributed by atoms with Crippen molar-refractivity contribution in [3.8, 4) is 11.4 Å². The third-order valence-electron chi connectivity index (χ3n) is 4.25. The summed E-state index contributed by atoms with van der Waals surface area (Å²) in [5.41, 5.74) is 4.53. The molecule has 0 bridgehead atoms. The first-order valence-electron chi connectivity index (χ1n) is 8.42. The number of nitrogens with zero attached hydrogens (tertiary/aromatic N) is 3. The van der Waals surface area contributed by atoms with Crippen LogP contribution in [0.1, 0.15) is 16.1 Å². The van der Waals surface area contributed by atoms with E-state index in [9.17, 15) is 9.59 Å². The van der Waals surface area contributed by atoms with Crippen molar-refractivity contribution in [3.05, 3.63) is 76.2 Å². The second-order valence-corrected chi connectivity index (χ2v) is 6.32. The van der Waals surface area contributed by atoms with Crippen LogP contribution in [0.4, 0.5) is 5.69 Å². The van der Waals surface area contributed by atoms with Gasteiger partial charge >= 0.3 is 0 Å². The lowest BCUT2D eigenvalue weighted by Gasteiger charge is -2.06. The molecular weight excluding hydrogens is 342 g/mol. The monoisotopic (exact) mass is 359 g/mol. The second kappa shape index (κ2) is 6.53. The molecule has 0 radical (unpaired) electrons. The van der Waals surface area contributed by atoms with Gasteiger partial charge in [0.05, 0.1) is 11.0 Å². The zero-order chi connectivity index (χ0) is 19.0. The standard InChI is InChI=1S/C20H17N5O2/c1-12-3-8-15-17(11-12)23-19(22-15)13-4-6-14(7-5-13)21-20(27)16-9-10-18(26)25(2)24-16/h3-11H,1-2H3,(H,21,27)(H,22,23). The Balaban J connectivity index is 1.55. The molecule has 0 fully saturated rings. The van der Waals surface area contributed by atoms with E-state index in [0.29, 0.717) is 5.69 Å². The van der Waals surface area contributed by atoms with E-state index in [4.69, 9.17) is 0 Å². The fraction of sp³-hybridized carbons (Fsp3) is 0.100. The van der Waals surface area contributed by atoms with Crippen molar-refractivity contribution in [3.63, 3.8) is 0 Å². The molecule has 2 N–H and O–H groups in total. The molecule has 1 amide bonds. The average Bonchev–Trinajstić information content (AvgIpc) is 3.07. The highest BCUT2D eigenvalue weighted by molar-refractivity contribution is 6.02. The lowest BCUT2D eigenvalue weighted by Crippen LogP contribution is -2.23. The van der Waals surface area contributed by atoms with Gasteiger partial charge in [-0.1, -0.05) is 6.07 Å². The normalized spacial score (nSPS) is 10.9. The maximum atomic E-state index is 12.3. The van der Waals surface area contributed by atoms with Crippen LogP contribution in [0, 0.1) is 6.92 Å². The maximum absolute atomic E-state index is 12.3. The van der Waals surface area contributed by atoms with Gasteiger partial charge in [0.2, 0.25) is 0 Å². The fourth-order valence-electron chi connectivity index (χ4n) is 2.79. The quantitative estimate of drug-likeness (QED) is 0.588. The summed E-state index contributed by atoms with van der Waals surface area (Å²) in [5, 5.41) is 6.71. The zero-order valence-corrected chi connectivity index (χ0v) is 14.9. The lowest BCUT2D eigenvalue weighted by atomic mass is 10.2. The number of nitrogens with one attached hydrogen (secondary N) is 2. The van der Waals surface area contributed by atoms with Crippen molar-refractivity contribution < 1.29 is 4.79 Å². The molecule has 0 unspecified atom stereocenters. The highest BCUT2D eigenvalue weighted by atomic mass is 16.2. The van der Waals surface area contributed by atoms with Gasteiger partial charge in [-0.2, -0.15) is 5.10 Å². The highest BCUT2D eigenvalue weighted by Gasteiger charge is 2.10. The van der Waals surface area contributed by atoms with E-state index in [1.165, 1.54) is 24.7 Å². The van der Waals surface area contributed by atoms with Gasteiger partial charge in [-0.3, -0.25) is 9.59 Å². The molecule has 7 heteroatoms. The number of imidazole rings is 1. The van der Waals surface area contributed by atoms with Gasteiger partial charge in [-0.15, -0.1) is 0 Å². The first-order valence-corrected chi connectivity index (χ1v) is 8.42. The number of anilines is 1. The Morgan fingerprint density at radius 1 is 1.07 bits per heavy atom. The van der Waals surface area contributed by atoms with Crippen LogP contribution in [0.2, 0.25) is 0 Å². The van der Waals surface area contributed by atoms with E-state index >= 15 is 0 Å². The van der Waals surface area contributed by atoms with Crippen molar-refractivity contribution in [1.82, 2.24) is 19.7 Å². The summed E-state index contributed by atoms with van der Waals surface area (Å²) in [6.07, 6.45) is 0. The number of fused-ring (bicyclic) bond motifs is 1. The molecule has 134 valence electrons. The Labute approximate surface area is 154 Å². The molecule has 0 aliphatic heterocycles. The van der Waals surface area contributed by atoms with E-state index in [1.54, 1.807) is 12.1 Å². The van der Waals surface area contributed by atoms with Crippen molar-refractivity contribution in [2.45, 2.75) is 6.92 Å². The van der Waals surface area contributed by atoms with Gasteiger partial charge < -0.3 is 10.3 Å². The molecule has 0 aliphatic rings. The fourth-order valence-corrected chi connectivity index (χ4v) is 2.79. The van der Waals surface area contributed by atoms with Crippen LogP contribution in [0.3, 0.4) is 0 Å². The minimum absolute atomic E-state index is 0.175. The molecule has 0 saturated carbocycles. The van der Waals surface area contributed by atoms with Crippen molar-refractivity contribution in [2.24, 2.45) is 7.05 Å². The van der Waals surface area contributed by atoms with Crippen LogP contribution in [0.25, 0.3) is 22.4 Å². The third kappa shape index (κ3) is 3.35. The SMILES string of the molecule is Cc1ccc2nc(-c3ccc(NC(=O)c4ccc(=O)n(C)n4)cc3)[nH]c2c1. The number of aryl methyl sites for hydroxylation is 2. The number of carbonyl (C=O) groups excluding carboxylic acids is 1. The molecule has 4 rings (SSSR count). The number of rotatable bonds is 3. The Morgan fingerprint density at radius 3 is 2.59 bits per heavy atom. The van der Waals surface area contributed by atoms with Crippen LogP contribution >= 0.6 is 0 Å². The van der Waals surface area contributed by atoms with E-state index in [-0.39, 0.29) is 17.2 Å². The average molecular weight is 359 g/mol. The number of aromatic amines is 1. The summed E-state index contributed by atoms with van der Waals surface area (Å²) in [5.74, 6) is 0.394. The van der Waals surface area contributed by atoms with Gasteiger partial charge in [-0.25, -0.2) is 9.67 Å². The lowest BCUT2D eigenvalue weighted by molar-refractivity contribution is 0.102. The summed E-state index contributed by atoms with van der Waals surface area (Å²) < 4.78 is 1.13. The topological polar surface area (TPSA) is 92.7 Å². The zero-order valence-electron chi connectivity index (χ0n) is 14.9. The summed E-state index contributed by atoms with van der Waals surface area (Å²) in [6, 6.07) is 16.2. The van der Waals surface area contributed by atoms with Crippen LogP contribution in [-0.4, -0.2) is 25.7 Å². The summed E-state index contributed by atoms with van der Waals surface area (Å²) in [4.78, 5) is 31.5. The van der Waals surface area contributed by atoms with Gasteiger partial charge in [0.25, 0.3) is 11.5 Å². The van der Waals surface area contributed by atoms with Gasteiger partial charge in [-0.05, 0) is 55.0 Å². The number of hydrogen-bond acceptors (Lipinski definition) is 4. The van der Waals surface area contributed by atoms with Crippen LogP contribution in [0.15, 0.2) is 59.4 Å². The Kier molecular flexibility index (Phi) is 4.04. The van der Waals surface area contributed by atoms with Crippen LogP contribution in [0.5, 0.6) is 0 Å². The van der Waals surface area contributed by atoms with Gasteiger partial charge in [0.1, 0.15) is 11.5 Å². The smallest absolute Gasteiger partial charge is 0.276 e. The molecule has 7 nitrogen and oxygen atoms in total. The summed E-state index contributed by atoms with van der Waals surface area (Å²) >= 11 is 0. The number of aromatic nitrogens is 4. The second-order valence-electron chi connectivity index (χ2n) is 6.32. The third-order valence-corrected chi connectivity index (χ3v) is 4.25. The minimum Gasteiger partial charge on any atom is -0.338 e. The molecule has 0 atom stereocenters. The molecule has 27 heavy (non-hydrogen) atoms. The molecular formula is C20H17N5O2. The number of hydrogen-bond donors (Lipinski definition) is 2. The van der Waals surface area contributed by atoms with Crippen molar-refractivity contribution in [2.75, 3.05) is 5.32 Å². The van der Waals surface area contributed by atoms with Crippen LogP contribution < -0.4 is 10.9 Å².